The van der Waals surface area contributed by atoms with Gasteiger partial charge in [0, 0.05) is 17.8 Å². The third kappa shape index (κ3) is 1.38. The number of benzene rings is 1. The summed E-state index contributed by atoms with van der Waals surface area (Å²) in [6.45, 7) is 0.361. The fourth-order valence-corrected chi connectivity index (χ4v) is 1.42. The van der Waals surface area contributed by atoms with E-state index in [4.69, 9.17) is 5.73 Å². The summed E-state index contributed by atoms with van der Waals surface area (Å²) in [5.74, 6) is 0.117. The first kappa shape index (κ1) is 8.13. The summed E-state index contributed by atoms with van der Waals surface area (Å²) in [6, 6.07) is 7.35. The standard InChI is InChI=1S/C10H10N2O/c11-6-7-5-10(13)8-3-1-2-4-9(8)12-7/h1-4H,5-6,11H2. The summed E-state index contributed by atoms with van der Waals surface area (Å²) in [7, 11) is 0. The van der Waals surface area contributed by atoms with Crippen LogP contribution in [-0.2, 0) is 0 Å². The predicted molar refractivity (Wildman–Crippen MR) is 51.5 cm³/mol. The second kappa shape index (κ2) is 3.11. The smallest absolute Gasteiger partial charge is 0.170 e. The summed E-state index contributed by atoms with van der Waals surface area (Å²) < 4.78 is 0. The second-order valence-corrected chi connectivity index (χ2v) is 3.00. The van der Waals surface area contributed by atoms with Crippen LogP contribution in [-0.4, -0.2) is 18.0 Å². The minimum atomic E-state index is 0.117. The molecule has 0 spiro atoms. The van der Waals surface area contributed by atoms with Gasteiger partial charge in [-0.25, -0.2) is 0 Å². The van der Waals surface area contributed by atoms with Crippen molar-refractivity contribution in [1.82, 2.24) is 0 Å². The first-order valence-electron chi connectivity index (χ1n) is 4.20. The van der Waals surface area contributed by atoms with Crippen LogP contribution >= 0.6 is 0 Å². The van der Waals surface area contributed by atoms with E-state index in [9.17, 15) is 4.79 Å². The summed E-state index contributed by atoms with van der Waals surface area (Å²) >= 11 is 0. The van der Waals surface area contributed by atoms with Crippen LogP contribution in [0.4, 0.5) is 5.69 Å². The molecule has 1 aromatic carbocycles. The molecule has 0 aromatic heterocycles. The zero-order chi connectivity index (χ0) is 9.26. The van der Waals surface area contributed by atoms with Crippen LogP contribution in [0.2, 0.25) is 0 Å². The highest BCUT2D eigenvalue weighted by Crippen LogP contribution is 2.24. The molecule has 0 bridgehead atoms. The largest absolute Gasteiger partial charge is 0.325 e. The Kier molecular flexibility index (Phi) is 1.94. The van der Waals surface area contributed by atoms with E-state index in [1.807, 2.05) is 18.2 Å². The van der Waals surface area contributed by atoms with E-state index in [0.29, 0.717) is 18.5 Å². The third-order valence-electron chi connectivity index (χ3n) is 2.08. The fraction of sp³-hybridized carbons (Fsp3) is 0.200. The zero-order valence-electron chi connectivity index (χ0n) is 7.16. The highest BCUT2D eigenvalue weighted by Gasteiger charge is 2.17. The Bertz CT molecular complexity index is 382. The number of carbonyl (C=O) groups is 1. The fourth-order valence-electron chi connectivity index (χ4n) is 1.42. The number of carbonyl (C=O) groups excluding carboxylic acids is 1. The Morgan fingerprint density at radius 2 is 2.15 bits per heavy atom. The lowest BCUT2D eigenvalue weighted by Crippen LogP contribution is -2.20. The van der Waals surface area contributed by atoms with E-state index in [-0.39, 0.29) is 5.78 Å². The van der Waals surface area contributed by atoms with Crippen LogP contribution in [0.15, 0.2) is 29.3 Å². The van der Waals surface area contributed by atoms with Gasteiger partial charge in [-0.3, -0.25) is 9.79 Å². The maximum atomic E-state index is 11.5. The number of fused-ring (bicyclic) bond motifs is 1. The Morgan fingerprint density at radius 3 is 2.92 bits per heavy atom. The number of nitrogens with zero attached hydrogens (tertiary/aromatic N) is 1. The molecule has 0 unspecified atom stereocenters. The van der Waals surface area contributed by atoms with Gasteiger partial charge >= 0.3 is 0 Å². The number of hydrogen-bond acceptors (Lipinski definition) is 3. The highest BCUT2D eigenvalue weighted by atomic mass is 16.1. The minimum Gasteiger partial charge on any atom is -0.325 e. The number of para-hydroxylation sites is 1. The molecule has 0 amide bonds. The number of nitrogens with two attached hydrogens (primary N) is 1. The molecule has 0 radical (unpaired) electrons. The van der Waals surface area contributed by atoms with E-state index in [2.05, 4.69) is 4.99 Å². The molecule has 3 heteroatoms. The highest BCUT2D eigenvalue weighted by molar-refractivity contribution is 6.16. The topological polar surface area (TPSA) is 55.4 Å². The lowest BCUT2D eigenvalue weighted by molar-refractivity contribution is 0.0999. The molecule has 0 saturated heterocycles. The number of hydrogen-bond donors (Lipinski definition) is 1. The Balaban J connectivity index is 2.53. The first-order valence-corrected chi connectivity index (χ1v) is 4.20. The number of ketones is 1. The van der Waals surface area contributed by atoms with Crippen LogP contribution < -0.4 is 5.73 Å². The van der Waals surface area contributed by atoms with Crippen molar-refractivity contribution in [2.75, 3.05) is 6.54 Å². The van der Waals surface area contributed by atoms with Crippen LogP contribution in [0.1, 0.15) is 16.8 Å². The quantitative estimate of drug-likeness (QED) is 0.697. The van der Waals surface area contributed by atoms with E-state index in [1.54, 1.807) is 6.07 Å². The van der Waals surface area contributed by atoms with Gasteiger partial charge in [0.1, 0.15) is 0 Å². The van der Waals surface area contributed by atoms with Crippen LogP contribution in [0.3, 0.4) is 0 Å². The van der Waals surface area contributed by atoms with Gasteiger partial charge < -0.3 is 5.73 Å². The van der Waals surface area contributed by atoms with Gasteiger partial charge in [0.05, 0.1) is 12.1 Å². The van der Waals surface area contributed by atoms with E-state index < -0.39 is 0 Å². The second-order valence-electron chi connectivity index (χ2n) is 3.00. The first-order chi connectivity index (χ1) is 6.31. The molecule has 0 fully saturated rings. The number of rotatable bonds is 1. The molecule has 1 heterocycles. The van der Waals surface area contributed by atoms with E-state index in [0.717, 1.165) is 11.4 Å². The molecule has 2 rings (SSSR count). The van der Waals surface area contributed by atoms with Crippen molar-refractivity contribution in [3.63, 3.8) is 0 Å². The molecular formula is C10H10N2O. The van der Waals surface area contributed by atoms with Crippen molar-refractivity contribution in [2.45, 2.75) is 6.42 Å². The molecule has 1 aromatic rings. The summed E-state index contributed by atoms with van der Waals surface area (Å²) in [5.41, 5.74) is 7.66. The molecule has 3 nitrogen and oxygen atoms in total. The van der Waals surface area contributed by atoms with Crippen molar-refractivity contribution in [3.8, 4) is 0 Å². The minimum absolute atomic E-state index is 0.117. The molecule has 1 aliphatic heterocycles. The average Bonchev–Trinajstić information content (AvgIpc) is 2.18. The van der Waals surface area contributed by atoms with Gasteiger partial charge in [-0.1, -0.05) is 12.1 Å². The molecule has 0 saturated carbocycles. The number of aliphatic imine (C=N–C) groups is 1. The van der Waals surface area contributed by atoms with Crippen molar-refractivity contribution in [1.29, 1.82) is 0 Å². The van der Waals surface area contributed by atoms with Crippen LogP contribution in [0.5, 0.6) is 0 Å². The van der Waals surface area contributed by atoms with Crippen molar-refractivity contribution in [3.05, 3.63) is 29.8 Å². The van der Waals surface area contributed by atoms with Gasteiger partial charge in [0.2, 0.25) is 0 Å². The molecule has 1 aliphatic rings. The average molecular weight is 174 g/mol. The summed E-state index contributed by atoms with van der Waals surface area (Å²) in [6.07, 6.45) is 0.369. The van der Waals surface area contributed by atoms with Crippen LogP contribution in [0, 0.1) is 0 Å². The van der Waals surface area contributed by atoms with Crippen LogP contribution in [0.25, 0.3) is 0 Å². The zero-order valence-corrected chi connectivity index (χ0v) is 7.16. The molecule has 66 valence electrons. The maximum Gasteiger partial charge on any atom is 0.170 e. The monoisotopic (exact) mass is 174 g/mol. The van der Waals surface area contributed by atoms with Gasteiger partial charge in [-0.2, -0.15) is 0 Å². The van der Waals surface area contributed by atoms with E-state index >= 15 is 0 Å². The van der Waals surface area contributed by atoms with Gasteiger partial charge in [-0.05, 0) is 12.1 Å². The summed E-state index contributed by atoms with van der Waals surface area (Å²) in [5, 5.41) is 0. The number of Topliss-reactive ketones (excluding diaryl/α,β-unsaturated/α-hetero) is 1. The van der Waals surface area contributed by atoms with Gasteiger partial charge in [0.15, 0.2) is 5.78 Å². The molecule has 0 atom stereocenters. The van der Waals surface area contributed by atoms with Crippen molar-refractivity contribution < 1.29 is 4.79 Å². The third-order valence-corrected chi connectivity index (χ3v) is 2.08. The lowest BCUT2D eigenvalue weighted by Gasteiger charge is -2.12. The predicted octanol–water partition coefficient (Wildman–Crippen LogP) is 1.30. The molecular weight excluding hydrogens is 164 g/mol. The Morgan fingerprint density at radius 1 is 1.38 bits per heavy atom. The lowest BCUT2D eigenvalue weighted by atomic mass is 10.0. The van der Waals surface area contributed by atoms with Crippen molar-refractivity contribution in [2.24, 2.45) is 10.7 Å². The SMILES string of the molecule is NCC1=Nc2ccccc2C(=O)C1. The Labute approximate surface area is 76.3 Å². The molecule has 2 N–H and O–H groups in total. The van der Waals surface area contributed by atoms with Gasteiger partial charge in [0.25, 0.3) is 0 Å². The maximum absolute atomic E-state index is 11.5. The molecule has 0 aliphatic carbocycles. The van der Waals surface area contributed by atoms with E-state index in [1.165, 1.54) is 0 Å². The van der Waals surface area contributed by atoms with Crippen molar-refractivity contribution >= 4 is 17.2 Å². The summed E-state index contributed by atoms with van der Waals surface area (Å²) in [4.78, 5) is 15.8. The molecule has 13 heavy (non-hydrogen) atoms. The normalized spacial score (nSPS) is 15.2. The Hall–Kier alpha value is -1.48. The van der Waals surface area contributed by atoms with Gasteiger partial charge in [-0.15, -0.1) is 0 Å².